The summed E-state index contributed by atoms with van der Waals surface area (Å²) < 4.78 is 0. The first kappa shape index (κ1) is 17.0. The molecule has 0 heterocycles. The van der Waals surface area contributed by atoms with Crippen molar-refractivity contribution < 1.29 is 0 Å². The van der Waals surface area contributed by atoms with E-state index in [-0.39, 0.29) is 11.0 Å². The second-order valence-corrected chi connectivity index (χ2v) is 7.11. The van der Waals surface area contributed by atoms with Gasteiger partial charge in [-0.25, -0.2) is 0 Å². The zero-order valence-electron chi connectivity index (χ0n) is 14.2. The van der Waals surface area contributed by atoms with Gasteiger partial charge < -0.3 is 0 Å². The van der Waals surface area contributed by atoms with Gasteiger partial charge in [0.25, 0.3) is 0 Å². The van der Waals surface area contributed by atoms with Crippen LogP contribution in [0.1, 0.15) is 39.7 Å². The molecular weight excluding hydrogens is 284 g/mol. The van der Waals surface area contributed by atoms with Gasteiger partial charge in [-0.05, 0) is 52.8 Å². The predicted molar refractivity (Wildman–Crippen MR) is 93.6 cm³/mol. The monoisotopic (exact) mass is 308 g/mol. The van der Waals surface area contributed by atoms with Crippen molar-refractivity contribution in [3.8, 4) is 11.1 Å². The minimum Gasteiger partial charge on any atom is -0.183 e. The third kappa shape index (κ3) is 4.55. The highest BCUT2D eigenvalue weighted by Gasteiger charge is 2.30. The lowest BCUT2D eigenvalue weighted by Crippen LogP contribution is -2.29. The van der Waals surface area contributed by atoms with Gasteiger partial charge in [0.15, 0.2) is 0 Å². The van der Waals surface area contributed by atoms with Crippen LogP contribution in [0.5, 0.6) is 0 Å². The van der Waals surface area contributed by atoms with Gasteiger partial charge in [-0.15, -0.1) is 0 Å². The lowest BCUT2D eigenvalue weighted by atomic mass is 9.75. The Morgan fingerprint density at radius 1 is 0.826 bits per heavy atom. The average Bonchev–Trinajstić information content (AvgIpc) is 2.53. The van der Waals surface area contributed by atoms with E-state index in [1.807, 2.05) is 19.9 Å². The van der Waals surface area contributed by atoms with Crippen LogP contribution in [0.25, 0.3) is 11.1 Å². The summed E-state index contributed by atoms with van der Waals surface area (Å²) in [4.78, 5) is 0. The second kappa shape index (κ2) is 6.82. The van der Waals surface area contributed by atoms with Crippen molar-refractivity contribution in [1.82, 2.24) is 0 Å². The predicted octanol–water partition coefficient (Wildman–Crippen LogP) is 6.20. The molecule has 0 aromatic heterocycles. The van der Waals surface area contributed by atoms with Crippen LogP contribution < -0.4 is 0 Å². The number of hydrogen-bond donors (Lipinski definition) is 1. The molecule has 0 aliphatic carbocycles. The van der Waals surface area contributed by atoms with Crippen molar-refractivity contribution in [3.63, 3.8) is 0 Å². The first-order chi connectivity index (χ1) is 10.8. The first-order valence-corrected chi connectivity index (χ1v) is 7.79. The van der Waals surface area contributed by atoms with Crippen LogP contribution in [-0.2, 0) is 5.41 Å². The van der Waals surface area contributed by atoms with Crippen molar-refractivity contribution in [1.29, 1.82) is 5.53 Å². The quantitative estimate of drug-likeness (QED) is 0.488. The van der Waals surface area contributed by atoms with E-state index in [0.29, 0.717) is 0 Å². The Kier molecular flexibility index (Phi) is 5.04. The smallest absolute Gasteiger partial charge is 0.0791 e. The lowest BCUT2D eigenvalue weighted by molar-refractivity contribution is 0.338. The Balaban J connectivity index is 2.20. The molecule has 0 saturated carbocycles. The Bertz CT molecular complexity index is 670. The van der Waals surface area contributed by atoms with E-state index in [4.69, 9.17) is 5.53 Å². The third-order valence-electron chi connectivity index (χ3n) is 4.01. The summed E-state index contributed by atoms with van der Waals surface area (Å²) in [5, 5.41) is 10.6. The molecule has 0 fully saturated rings. The van der Waals surface area contributed by atoms with Crippen LogP contribution in [0.4, 0.5) is 0 Å². The zero-order chi connectivity index (χ0) is 16.9. The second-order valence-electron chi connectivity index (χ2n) is 7.11. The Hall–Kier alpha value is -2.36. The van der Waals surface area contributed by atoms with Gasteiger partial charge in [0.05, 0.1) is 5.54 Å². The summed E-state index contributed by atoms with van der Waals surface area (Å²) >= 11 is 0. The molecule has 2 aromatic carbocycles. The summed E-state index contributed by atoms with van der Waals surface area (Å²) in [5.74, 6) is 0. The van der Waals surface area contributed by atoms with Gasteiger partial charge in [-0.2, -0.15) is 10.6 Å². The topological polar surface area (TPSA) is 60.9 Å². The maximum atomic E-state index is 6.75. The van der Waals surface area contributed by atoms with Crippen LogP contribution in [0.2, 0.25) is 0 Å². The van der Waals surface area contributed by atoms with E-state index >= 15 is 0 Å². The molecule has 23 heavy (non-hydrogen) atoms. The fourth-order valence-electron chi connectivity index (χ4n) is 3.11. The van der Waals surface area contributed by atoms with E-state index in [9.17, 15) is 0 Å². The van der Waals surface area contributed by atoms with Gasteiger partial charge in [0, 0.05) is 0 Å². The summed E-state index contributed by atoms with van der Waals surface area (Å²) in [6, 6.07) is 19.1. The number of benzene rings is 2. The van der Waals surface area contributed by atoms with Crippen LogP contribution in [0.15, 0.2) is 70.2 Å². The minimum absolute atomic E-state index is 0.0419. The molecular formula is C19H24N4. The Labute approximate surface area is 138 Å². The molecule has 0 atom stereocenters. The molecule has 0 spiro atoms. The standard InChI is InChI=1S/C19H24N4/c1-18(2,14-19(3,4)21-23-22-20)17-12-10-16(11-13-17)15-8-6-5-7-9-15/h5-13,20H,14H2,1-4H3. The van der Waals surface area contributed by atoms with E-state index in [0.717, 1.165) is 6.42 Å². The van der Waals surface area contributed by atoms with E-state index in [2.05, 4.69) is 77.9 Å². The van der Waals surface area contributed by atoms with Crippen molar-refractivity contribution in [2.24, 2.45) is 15.6 Å². The summed E-state index contributed by atoms with van der Waals surface area (Å²) in [6.45, 7) is 8.45. The van der Waals surface area contributed by atoms with Crippen LogP contribution >= 0.6 is 0 Å². The number of hydrogen-bond acceptors (Lipinski definition) is 2. The highest BCUT2D eigenvalue weighted by Crippen LogP contribution is 2.35. The molecule has 0 radical (unpaired) electrons. The number of rotatable bonds is 6. The van der Waals surface area contributed by atoms with Crippen LogP contribution in [0.3, 0.4) is 0 Å². The Morgan fingerprint density at radius 3 is 1.96 bits per heavy atom. The molecule has 0 aliphatic rings. The van der Waals surface area contributed by atoms with Crippen LogP contribution in [-0.4, -0.2) is 5.54 Å². The van der Waals surface area contributed by atoms with Gasteiger partial charge in [-0.1, -0.05) is 68.4 Å². The molecule has 1 N–H and O–H groups in total. The molecule has 0 saturated heterocycles. The fourth-order valence-corrected chi connectivity index (χ4v) is 3.11. The van der Waals surface area contributed by atoms with Crippen molar-refractivity contribution >= 4 is 0 Å². The number of nitrogens with one attached hydrogen (secondary N) is 1. The average molecular weight is 308 g/mol. The highest BCUT2D eigenvalue weighted by atomic mass is 15.4. The molecule has 120 valence electrons. The molecule has 0 amide bonds. The summed E-state index contributed by atoms with van der Waals surface area (Å²) in [6.07, 6.45) is 0.823. The van der Waals surface area contributed by atoms with E-state index in [1.165, 1.54) is 16.7 Å². The zero-order valence-corrected chi connectivity index (χ0v) is 14.2. The van der Waals surface area contributed by atoms with Crippen molar-refractivity contribution in [2.75, 3.05) is 0 Å². The van der Waals surface area contributed by atoms with Gasteiger partial charge in [-0.3, -0.25) is 0 Å². The molecule has 0 aliphatic heterocycles. The number of nitrogens with zero attached hydrogens (tertiary/aromatic N) is 3. The minimum atomic E-state index is -0.355. The van der Waals surface area contributed by atoms with Crippen molar-refractivity contribution in [2.45, 2.75) is 45.1 Å². The molecule has 4 heteroatoms. The summed E-state index contributed by atoms with van der Waals surface area (Å²) in [7, 11) is 0. The normalized spacial score (nSPS) is 12.5. The fraction of sp³-hybridized carbons (Fsp3) is 0.368. The van der Waals surface area contributed by atoms with E-state index in [1.54, 1.807) is 0 Å². The molecule has 2 aromatic rings. The largest absolute Gasteiger partial charge is 0.183 e. The van der Waals surface area contributed by atoms with Crippen LogP contribution in [0, 0.1) is 5.53 Å². The summed E-state index contributed by atoms with van der Waals surface area (Å²) in [5.41, 5.74) is 10.1. The molecule has 0 unspecified atom stereocenters. The van der Waals surface area contributed by atoms with E-state index < -0.39 is 0 Å². The Morgan fingerprint density at radius 2 is 1.39 bits per heavy atom. The van der Waals surface area contributed by atoms with Gasteiger partial charge in [0.2, 0.25) is 0 Å². The SMILES string of the molecule is CC(C)(CC(C)(C)c1ccc(-c2ccccc2)cc1)N=NN=N. The lowest BCUT2D eigenvalue weighted by Gasteiger charge is -2.32. The molecule has 2 rings (SSSR count). The third-order valence-corrected chi connectivity index (χ3v) is 4.01. The highest BCUT2D eigenvalue weighted by molar-refractivity contribution is 5.63. The van der Waals surface area contributed by atoms with Gasteiger partial charge >= 0.3 is 0 Å². The maximum absolute atomic E-state index is 6.75. The maximum Gasteiger partial charge on any atom is 0.0791 e. The molecule has 0 bridgehead atoms. The first-order valence-electron chi connectivity index (χ1n) is 7.79. The van der Waals surface area contributed by atoms with Crippen molar-refractivity contribution in [3.05, 3.63) is 60.2 Å². The van der Waals surface area contributed by atoms with Gasteiger partial charge in [0.1, 0.15) is 0 Å². The molecule has 4 nitrogen and oxygen atoms in total.